The molecule has 26 heavy (non-hydrogen) atoms. The Hall–Kier alpha value is -2.54. The van der Waals surface area contributed by atoms with Gasteiger partial charge >= 0.3 is 0 Å². The lowest BCUT2D eigenvalue weighted by Gasteiger charge is -2.10. The van der Waals surface area contributed by atoms with Crippen LogP contribution in [0.2, 0.25) is 10.0 Å². The van der Waals surface area contributed by atoms with E-state index in [9.17, 15) is 9.65 Å². The average Bonchev–Trinajstić information content (AvgIpc) is 2.90. The second-order valence-electron chi connectivity index (χ2n) is 5.94. The van der Waals surface area contributed by atoms with Crippen LogP contribution in [0.25, 0.3) is 17.3 Å². The van der Waals surface area contributed by atoms with Crippen LogP contribution in [-0.2, 0) is 0 Å². The van der Waals surface area contributed by atoms with E-state index in [1.807, 2.05) is 42.7 Å². The summed E-state index contributed by atoms with van der Waals surface area (Å²) in [6, 6.07) is 16.0. The normalized spacial score (nSPS) is 11.5. The number of benzene rings is 2. The Labute approximate surface area is 161 Å². The van der Waals surface area contributed by atoms with Crippen LogP contribution < -0.4 is 0 Å². The number of aromatic nitrogens is 1. The van der Waals surface area contributed by atoms with Gasteiger partial charge < -0.3 is 4.57 Å². The highest BCUT2D eigenvalue weighted by molar-refractivity contribution is 6.31. The Morgan fingerprint density at radius 1 is 1.08 bits per heavy atom. The quantitative estimate of drug-likeness (QED) is 0.467. The molecule has 0 saturated carbocycles. The van der Waals surface area contributed by atoms with Crippen LogP contribution in [0.4, 0.5) is 4.39 Å². The molecular formula is C21H15Cl2FN2. The van der Waals surface area contributed by atoms with E-state index in [0.29, 0.717) is 10.6 Å². The summed E-state index contributed by atoms with van der Waals surface area (Å²) in [5.74, 6) is -0.451. The summed E-state index contributed by atoms with van der Waals surface area (Å²) in [7, 11) is 0. The van der Waals surface area contributed by atoms with Crippen molar-refractivity contribution in [2.75, 3.05) is 0 Å². The Balaban J connectivity index is 2.08. The Bertz CT molecular complexity index is 1040. The highest BCUT2D eigenvalue weighted by atomic mass is 35.5. The van der Waals surface area contributed by atoms with E-state index in [-0.39, 0.29) is 5.02 Å². The highest BCUT2D eigenvalue weighted by Crippen LogP contribution is 2.27. The molecule has 2 nitrogen and oxygen atoms in total. The first-order chi connectivity index (χ1) is 12.4. The lowest BCUT2D eigenvalue weighted by molar-refractivity contribution is 0.627. The van der Waals surface area contributed by atoms with Gasteiger partial charge in [-0.3, -0.25) is 0 Å². The van der Waals surface area contributed by atoms with Crippen molar-refractivity contribution in [1.29, 1.82) is 5.26 Å². The van der Waals surface area contributed by atoms with Crippen LogP contribution in [0.1, 0.15) is 22.5 Å². The van der Waals surface area contributed by atoms with Crippen molar-refractivity contribution >= 4 is 34.9 Å². The smallest absolute Gasteiger partial charge is 0.141 e. The first kappa shape index (κ1) is 18.3. The number of hydrogen-bond donors (Lipinski definition) is 0. The molecule has 0 fully saturated rings. The zero-order chi connectivity index (χ0) is 18.8. The van der Waals surface area contributed by atoms with Gasteiger partial charge in [0.05, 0.1) is 16.7 Å². The average molecular weight is 385 g/mol. The molecular weight excluding hydrogens is 370 g/mol. The molecule has 0 amide bonds. The fourth-order valence-electron chi connectivity index (χ4n) is 2.92. The fourth-order valence-corrected chi connectivity index (χ4v) is 3.22. The molecule has 0 radical (unpaired) electrons. The van der Waals surface area contributed by atoms with Gasteiger partial charge in [0.2, 0.25) is 0 Å². The van der Waals surface area contributed by atoms with Crippen LogP contribution in [-0.4, -0.2) is 4.57 Å². The lowest BCUT2D eigenvalue weighted by atomic mass is 10.0. The molecule has 0 spiro atoms. The van der Waals surface area contributed by atoms with Crippen molar-refractivity contribution in [1.82, 2.24) is 4.57 Å². The molecule has 0 aliphatic carbocycles. The zero-order valence-corrected chi connectivity index (χ0v) is 15.7. The van der Waals surface area contributed by atoms with Crippen LogP contribution in [0, 0.1) is 31.0 Å². The van der Waals surface area contributed by atoms with Gasteiger partial charge in [0, 0.05) is 22.1 Å². The third-order valence-corrected chi connectivity index (χ3v) is 4.75. The van der Waals surface area contributed by atoms with E-state index in [4.69, 9.17) is 23.2 Å². The predicted molar refractivity (Wildman–Crippen MR) is 105 cm³/mol. The molecule has 0 aliphatic heterocycles. The molecule has 0 unspecified atom stereocenters. The second kappa shape index (κ2) is 7.37. The minimum atomic E-state index is -0.451. The second-order valence-corrected chi connectivity index (χ2v) is 6.78. The van der Waals surface area contributed by atoms with E-state index in [2.05, 4.69) is 6.07 Å². The van der Waals surface area contributed by atoms with Crippen molar-refractivity contribution in [3.05, 3.63) is 86.9 Å². The maximum absolute atomic E-state index is 13.5. The van der Waals surface area contributed by atoms with Gasteiger partial charge in [-0.15, -0.1) is 0 Å². The predicted octanol–water partition coefficient (Wildman–Crippen LogP) is 6.60. The Kier molecular flexibility index (Phi) is 5.18. The number of nitrogens with zero attached hydrogens (tertiary/aromatic N) is 2. The highest BCUT2D eigenvalue weighted by Gasteiger charge is 2.12. The van der Waals surface area contributed by atoms with Gasteiger partial charge in [-0.25, -0.2) is 4.39 Å². The lowest BCUT2D eigenvalue weighted by Crippen LogP contribution is -1.99. The number of rotatable bonds is 3. The molecule has 0 saturated heterocycles. The van der Waals surface area contributed by atoms with E-state index in [1.165, 1.54) is 6.07 Å². The summed E-state index contributed by atoms with van der Waals surface area (Å²) < 4.78 is 15.4. The van der Waals surface area contributed by atoms with E-state index < -0.39 is 5.82 Å². The van der Waals surface area contributed by atoms with Crippen LogP contribution in [0.15, 0.2) is 48.5 Å². The van der Waals surface area contributed by atoms with Crippen molar-refractivity contribution < 1.29 is 4.39 Å². The molecule has 3 aromatic rings. The zero-order valence-electron chi connectivity index (χ0n) is 14.2. The molecule has 1 heterocycles. The van der Waals surface area contributed by atoms with Gasteiger partial charge in [0.1, 0.15) is 5.82 Å². The number of halogens is 3. The topological polar surface area (TPSA) is 28.7 Å². The van der Waals surface area contributed by atoms with Gasteiger partial charge in [0.25, 0.3) is 0 Å². The van der Waals surface area contributed by atoms with Crippen molar-refractivity contribution in [3.63, 3.8) is 0 Å². The minimum absolute atomic E-state index is 0.0750. The fraction of sp³-hybridized carbons (Fsp3) is 0.0952. The van der Waals surface area contributed by atoms with Gasteiger partial charge in [-0.2, -0.15) is 5.26 Å². The Morgan fingerprint density at radius 3 is 2.38 bits per heavy atom. The molecule has 0 bridgehead atoms. The summed E-state index contributed by atoms with van der Waals surface area (Å²) in [6.45, 7) is 3.91. The minimum Gasteiger partial charge on any atom is -0.318 e. The van der Waals surface area contributed by atoms with E-state index >= 15 is 0 Å². The molecule has 130 valence electrons. The molecule has 0 aliphatic rings. The first-order valence-corrected chi connectivity index (χ1v) is 8.68. The summed E-state index contributed by atoms with van der Waals surface area (Å²) in [5.41, 5.74) is 4.92. The van der Waals surface area contributed by atoms with Crippen LogP contribution in [0.5, 0.6) is 0 Å². The number of aryl methyl sites for hydroxylation is 1. The van der Waals surface area contributed by atoms with E-state index in [0.717, 1.165) is 28.2 Å². The number of allylic oxidation sites excluding steroid dienone is 1. The van der Waals surface area contributed by atoms with Crippen LogP contribution >= 0.6 is 23.2 Å². The van der Waals surface area contributed by atoms with Crippen molar-refractivity contribution in [2.24, 2.45) is 0 Å². The monoisotopic (exact) mass is 384 g/mol. The van der Waals surface area contributed by atoms with Crippen LogP contribution in [0.3, 0.4) is 0 Å². The van der Waals surface area contributed by atoms with Gasteiger partial charge in [-0.05, 0) is 67.4 Å². The molecule has 1 aromatic heterocycles. The largest absolute Gasteiger partial charge is 0.318 e. The summed E-state index contributed by atoms with van der Waals surface area (Å²) in [5, 5.41) is 10.2. The maximum atomic E-state index is 13.5. The SMILES string of the molecule is Cc1cc(C=C(C#N)c2ccc(Cl)cc2)c(C)n1-c1ccc(F)c(Cl)c1. The third kappa shape index (κ3) is 3.53. The standard InChI is InChI=1S/C21H15Cl2FN2/c1-13-9-16(10-17(12-25)15-3-5-18(22)6-4-15)14(2)26(13)19-7-8-21(24)20(23)11-19/h3-11H,1-2H3. The number of hydrogen-bond acceptors (Lipinski definition) is 1. The molecule has 3 rings (SSSR count). The van der Waals surface area contributed by atoms with Gasteiger partial charge in [-0.1, -0.05) is 35.3 Å². The third-order valence-electron chi connectivity index (χ3n) is 4.21. The Morgan fingerprint density at radius 2 is 1.77 bits per heavy atom. The first-order valence-electron chi connectivity index (χ1n) is 7.93. The van der Waals surface area contributed by atoms with Gasteiger partial charge in [0.15, 0.2) is 0 Å². The summed E-state index contributed by atoms with van der Waals surface area (Å²) in [4.78, 5) is 0. The summed E-state index contributed by atoms with van der Waals surface area (Å²) in [6.07, 6.45) is 1.84. The van der Waals surface area contributed by atoms with Crippen molar-refractivity contribution in [2.45, 2.75) is 13.8 Å². The summed E-state index contributed by atoms with van der Waals surface area (Å²) >= 11 is 11.8. The molecule has 5 heteroatoms. The molecule has 2 aromatic carbocycles. The number of nitriles is 1. The van der Waals surface area contributed by atoms with Crippen molar-refractivity contribution in [3.8, 4) is 11.8 Å². The maximum Gasteiger partial charge on any atom is 0.141 e. The molecule has 0 atom stereocenters. The molecule has 0 N–H and O–H groups in total. The van der Waals surface area contributed by atoms with E-state index in [1.54, 1.807) is 24.3 Å².